The van der Waals surface area contributed by atoms with Crippen LogP contribution in [0, 0.1) is 12.1 Å². The molecule has 0 amide bonds. The van der Waals surface area contributed by atoms with Gasteiger partial charge in [-0.2, -0.15) is 0 Å². The zero-order chi connectivity index (χ0) is 31.1. The largest absolute Gasteiger partial charge is 0 e. The van der Waals surface area contributed by atoms with Crippen LogP contribution < -0.4 is 4.40 Å². The van der Waals surface area contributed by atoms with E-state index in [1.807, 2.05) is 73.1 Å². The van der Waals surface area contributed by atoms with E-state index in [4.69, 9.17) is 8.83 Å². The Kier molecular flexibility index (Phi) is 9.02. The fourth-order valence-electron chi connectivity index (χ4n) is 5.69. The first-order valence-electron chi connectivity index (χ1n) is 15.4. The minimum absolute atomic E-state index is 0. The first kappa shape index (κ1) is 31.9. The Hall–Kier alpha value is -4.03. The second-order valence-corrected chi connectivity index (χ2v) is 23.3. The number of rotatable bonds is 4. The monoisotopic (exact) mass is 841 g/mol. The van der Waals surface area contributed by atoms with Crippen molar-refractivity contribution in [2.75, 3.05) is 0 Å². The number of aromatic nitrogens is 2. The number of para-hydroxylation sites is 2. The van der Waals surface area contributed by atoms with Crippen molar-refractivity contribution in [3.8, 4) is 22.5 Å². The Balaban J connectivity index is 0.000000187. The van der Waals surface area contributed by atoms with Crippen molar-refractivity contribution in [2.45, 2.75) is 37.0 Å². The molecule has 0 saturated heterocycles. The summed E-state index contributed by atoms with van der Waals surface area (Å²) in [7, 11) is 0. The third-order valence-corrected chi connectivity index (χ3v) is 12.5. The predicted molar refractivity (Wildman–Crippen MR) is 189 cm³/mol. The smallest absolute Gasteiger partial charge is 0 e. The topological polar surface area (TPSA) is 52.1 Å². The number of nitrogens with zero attached hydrogens (tertiary/aromatic N) is 2. The minimum Gasteiger partial charge on any atom is 0 e. The summed E-state index contributed by atoms with van der Waals surface area (Å²) in [4.78, 5) is 9.17. The molecule has 0 aliphatic rings. The molecule has 0 aliphatic heterocycles. The van der Waals surface area contributed by atoms with Crippen molar-refractivity contribution in [2.24, 2.45) is 0 Å². The van der Waals surface area contributed by atoms with Gasteiger partial charge >= 0.3 is 99.8 Å². The summed E-state index contributed by atoms with van der Waals surface area (Å²) < 4.78 is 14.0. The fraction of sp³-hybridized carbons (Fsp3) is 0.150. The van der Waals surface area contributed by atoms with Crippen LogP contribution in [0.25, 0.3) is 66.4 Å². The zero-order valence-corrected chi connectivity index (χ0v) is 31.0. The molecule has 0 fully saturated rings. The average molecular weight is 840 g/mol. The molecule has 0 unspecified atom stereocenters. The summed E-state index contributed by atoms with van der Waals surface area (Å²) >= 11 is -1.72. The van der Waals surface area contributed by atoms with Gasteiger partial charge in [-0.1, -0.05) is 73.5 Å². The SMILES string of the molecule is CC(C)c1ccnc(-c2[c-]c3oc4ccccc4c3c3c2oc2ccccc23)c1.[CH3][Ge]([CH3])([CH3])[c]1ccc(-c2[c-]cccc2)nc1.[Ir]. The quantitative estimate of drug-likeness (QED) is 0.131. The van der Waals surface area contributed by atoms with Crippen LogP contribution in [0.5, 0.6) is 0 Å². The summed E-state index contributed by atoms with van der Waals surface area (Å²) in [6.45, 7) is 4.37. The second kappa shape index (κ2) is 13.0. The molecule has 1 radical (unpaired) electrons. The molecule has 0 bridgehead atoms. The van der Waals surface area contributed by atoms with Gasteiger partial charge < -0.3 is 13.8 Å². The van der Waals surface area contributed by atoms with Crippen LogP contribution in [0.2, 0.25) is 17.3 Å². The van der Waals surface area contributed by atoms with Gasteiger partial charge in [-0.15, -0.1) is 0 Å². The van der Waals surface area contributed by atoms with Crippen LogP contribution in [0.3, 0.4) is 0 Å². The average Bonchev–Trinajstić information content (AvgIpc) is 3.63. The Bertz CT molecular complexity index is 2280. The number of hydrogen-bond acceptors (Lipinski definition) is 4. The van der Waals surface area contributed by atoms with Gasteiger partial charge in [-0.25, -0.2) is 0 Å². The van der Waals surface area contributed by atoms with Crippen molar-refractivity contribution in [3.05, 3.63) is 127 Å². The van der Waals surface area contributed by atoms with Gasteiger partial charge in [0, 0.05) is 31.7 Å². The van der Waals surface area contributed by atoms with Crippen molar-refractivity contribution in [1.82, 2.24) is 9.97 Å². The van der Waals surface area contributed by atoms with Crippen LogP contribution in [0.1, 0.15) is 25.3 Å². The third-order valence-electron chi connectivity index (χ3n) is 8.23. The molecule has 8 rings (SSSR count). The first-order valence-corrected chi connectivity index (χ1v) is 22.7. The molecule has 0 spiro atoms. The van der Waals surface area contributed by atoms with Crippen LogP contribution >= 0.6 is 0 Å². The second-order valence-electron chi connectivity index (χ2n) is 12.7. The summed E-state index contributed by atoms with van der Waals surface area (Å²) in [6.07, 6.45) is 3.89. The predicted octanol–water partition coefficient (Wildman–Crippen LogP) is 10.6. The maximum absolute atomic E-state index is 6.35. The maximum atomic E-state index is 6.35. The minimum atomic E-state index is -1.72. The molecule has 4 aromatic heterocycles. The standard InChI is InChI=1S/C26H18NO2.C14H16GeN.Ir/c1-15(2)16-11-12-27-20(13-16)19-14-23-24(17-7-3-5-9-21(17)28-23)25-18-8-4-6-10-22(18)29-26(19)25;1-15(2,3)13-9-10-14(16-11-13)12-7-5-4-6-8-12;/h3-13,15H,1-2H3;4-7,9-11H,1-3H3;/q2*-1;. The van der Waals surface area contributed by atoms with Crippen molar-refractivity contribution < 1.29 is 28.9 Å². The van der Waals surface area contributed by atoms with E-state index in [-0.39, 0.29) is 20.1 Å². The van der Waals surface area contributed by atoms with E-state index < -0.39 is 13.3 Å². The molecule has 6 heteroatoms. The van der Waals surface area contributed by atoms with E-state index in [0.717, 1.165) is 66.4 Å². The van der Waals surface area contributed by atoms with Crippen LogP contribution in [-0.2, 0) is 20.1 Å². The molecule has 8 aromatic rings. The summed E-state index contributed by atoms with van der Waals surface area (Å²) in [5.41, 5.74) is 8.24. The van der Waals surface area contributed by atoms with E-state index in [2.05, 4.69) is 89.6 Å². The molecule has 46 heavy (non-hydrogen) atoms. The summed E-state index contributed by atoms with van der Waals surface area (Å²) in [5.74, 6) is 7.56. The normalized spacial score (nSPS) is 11.6. The summed E-state index contributed by atoms with van der Waals surface area (Å²) in [6, 6.07) is 39.4. The van der Waals surface area contributed by atoms with Crippen molar-refractivity contribution in [3.63, 3.8) is 0 Å². The molecule has 4 heterocycles. The van der Waals surface area contributed by atoms with E-state index >= 15 is 0 Å². The van der Waals surface area contributed by atoms with Crippen LogP contribution in [0.4, 0.5) is 0 Å². The van der Waals surface area contributed by atoms with Crippen LogP contribution in [0.15, 0.2) is 118 Å². The molecule has 4 aromatic carbocycles. The van der Waals surface area contributed by atoms with E-state index in [0.29, 0.717) is 5.92 Å². The number of benzene rings is 4. The van der Waals surface area contributed by atoms with E-state index in [1.54, 1.807) is 0 Å². The van der Waals surface area contributed by atoms with Gasteiger partial charge in [0.1, 0.15) is 11.2 Å². The molecule has 0 atom stereocenters. The number of fused-ring (bicyclic) bond motifs is 7. The molecule has 0 N–H and O–H groups in total. The van der Waals surface area contributed by atoms with Crippen LogP contribution in [-0.4, -0.2) is 23.2 Å². The molecule has 4 nitrogen and oxygen atoms in total. The van der Waals surface area contributed by atoms with E-state index in [1.165, 1.54) is 9.96 Å². The Morgan fingerprint density at radius 1 is 0.717 bits per heavy atom. The maximum Gasteiger partial charge on any atom is 0 e. The Morgan fingerprint density at radius 3 is 2.07 bits per heavy atom. The number of furan rings is 2. The van der Waals surface area contributed by atoms with Crippen molar-refractivity contribution >= 4 is 61.5 Å². The van der Waals surface area contributed by atoms with Gasteiger partial charge in [-0.3, -0.25) is 0 Å². The van der Waals surface area contributed by atoms with Gasteiger partial charge in [0.25, 0.3) is 0 Å². The third kappa shape index (κ3) is 6.07. The molecular formula is C40H34GeIrN2O2-2. The fourth-order valence-corrected chi connectivity index (χ4v) is 7.87. The van der Waals surface area contributed by atoms with E-state index in [9.17, 15) is 0 Å². The molecular weight excluding hydrogens is 805 g/mol. The van der Waals surface area contributed by atoms with Gasteiger partial charge in [0.05, 0.1) is 11.2 Å². The van der Waals surface area contributed by atoms with Gasteiger partial charge in [0.2, 0.25) is 0 Å². The number of hydrogen-bond donors (Lipinski definition) is 0. The summed E-state index contributed by atoms with van der Waals surface area (Å²) in [5, 5.41) is 4.26. The van der Waals surface area contributed by atoms with Gasteiger partial charge in [0.15, 0.2) is 0 Å². The Labute approximate surface area is 285 Å². The van der Waals surface area contributed by atoms with Crippen molar-refractivity contribution in [1.29, 1.82) is 0 Å². The first-order chi connectivity index (χ1) is 21.8. The Morgan fingerprint density at radius 2 is 1.41 bits per heavy atom. The molecule has 0 aliphatic carbocycles. The number of pyridine rings is 2. The van der Waals surface area contributed by atoms with Gasteiger partial charge in [-0.05, 0) is 46.0 Å². The molecule has 0 saturated carbocycles. The molecule has 231 valence electrons. The zero-order valence-electron chi connectivity index (χ0n) is 26.5.